The molecule has 1 saturated heterocycles. The summed E-state index contributed by atoms with van der Waals surface area (Å²) in [6, 6.07) is 0. The van der Waals surface area contributed by atoms with E-state index in [4.69, 9.17) is 4.74 Å². The zero-order valence-electron chi connectivity index (χ0n) is 16.7. The van der Waals surface area contributed by atoms with E-state index >= 15 is 0 Å². The Morgan fingerprint density at radius 1 is 1.08 bits per heavy atom. The third-order valence-corrected chi connectivity index (χ3v) is 3.73. The number of unbranched alkanes of at least 4 members (excludes halogenated alkanes) is 2. The lowest BCUT2D eigenvalue weighted by Crippen LogP contribution is -2.50. The smallest absolute Gasteiger partial charge is 0.410 e. The van der Waals surface area contributed by atoms with Crippen molar-refractivity contribution in [3.63, 3.8) is 0 Å². The largest absolute Gasteiger partial charge is 0.444 e. The van der Waals surface area contributed by atoms with Crippen LogP contribution in [0.4, 0.5) is 4.79 Å². The monoisotopic (exact) mass is 360 g/mol. The van der Waals surface area contributed by atoms with Crippen molar-refractivity contribution in [3.8, 4) is 0 Å². The van der Waals surface area contributed by atoms with E-state index in [0.717, 1.165) is 51.9 Å². The van der Waals surface area contributed by atoms with E-state index < -0.39 is 5.60 Å². The van der Waals surface area contributed by atoms with Crippen LogP contribution in [0.3, 0.4) is 0 Å². The summed E-state index contributed by atoms with van der Waals surface area (Å²) in [5.41, 5.74) is -0.428. The highest BCUT2D eigenvalue weighted by Crippen LogP contribution is 2.12. The normalized spacial score (nSPS) is 15.6. The molecule has 0 aliphatic carbocycles. The van der Waals surface area contributed by atoms with Crippen molar-refractivity contribution in [1.29, 1.82) is 0 Å². The molecule has 1 aliphatic heterocycles. The number of piperazine rings is 1. The molecule has 7 heteroatoms. The predicted molar refractivity (Wildman–Crippen MR) is 97.6 cm³/mol. The number of aldehydes is 1. The van der Waals surface area contributed by atoms with Crippen molar-refractivity contribution < 1.29 is 23.8 Å². The number of hydrogen-bond acceptors (Lipinski definition) is 6. The van der Waals surface area contributed by atoms with Gasteiger partial charge in [-0.25, -0.2) is 4.79 Å². The summed E-state index contributed by atoms with van der Waals surface area (Å²) < 4.78 is 14.7. The van der Waals surface area contributed by atoms with Crippen LogP contribution in [0, 0.1) is 0 Å². The second kappa shape index (κ2) is 13.1. The van der Waals surface area contributed by atoms with Crippen molar-refractivity contribution in [2.24, 2.45) is 0 Å². The molecule has 0 atom stereocenters. The lowest BCUT2D eigenvalue weighted by Gasteiger charge is -2.35. The molecule has 0 aromatic carbocycles. The Kier molecular flexibility index (Phi) is 12.5. The molecule has 1 fully saturated rings. The number of hydrogen-bond donors (Lipinski definition) is 0. The van der Waals surface area contributed by atoms with Crippen LogP contribution in [0.1, 0.15) is 47.0 Å². The lowest BCUT2D eigenvalue weighted by molar-refractivity contribution is -0.108. The van der Waals surface area contributed by atoms with Crippen LogP contribution < -0.4 is 0 Å². The van der Waals surface area contributed by atoms with E-state index in [1.807, 2.05) is 27.7 Å². The molecule has 0 aromatic rings. The van der Waals surface area contributed by atoms with Crippen LogP contribution in [0.5, 0.6) is 0 Å². The molecule has 0 spiro atoms. The number of methoxy groups -OCH3 is 2. The summed E-state index contributed by atoms with van der Waals surface area (Å²) in [7, 11) is 3.21. The van der Waals surface area contributed by atoms with Gasteiger partial charge >= 0.3 is 6.09 Å². The molecule has 1 aliphatic rings. The van der Waals surface area contributed by atoms with Gasteiger partial charge < -0.3 is 23.9 Å². The van der Waals surface area contributed by atoms with E-state index in [2.05, 4.69) is 14.4 Å². The first-order valence-corrected chi connectivity index (χ1v) is 8.93. The van der Waals surface area contributed by atoms with Gasteiger partial charge in [0, 0.05) is 46.8 Å². The first-order valence-electron chi connectivity index (χ1n) is 8.93. The Labute approximate surface area is 152 Å². The lowest BCUT2D eigenvalue weighted by atomic mass is 10.2. The molecule has 7 nitrogen and oxygen atoms in total. The second-order valence-electron chi connectivity index (χ2n) is 7.01. The molecule has 0 radical (unpaired) electrons. The summed E-state index contributed by atoms with van der Waals surface area (Å²) >= 11 is 0. The summed E-state index contributed by atoms with van der Waals surface area (Å²) in [6.07, 6.45) is 3.34. The minimum Gasteiger partial charge on any atom is -0.444 e. The fraction of sp³-hybridized carbons (Fsp3) is 0.889. The first-order chi connectivity index (χ1) is 11.7. The zero-order chi connectivity index (χ0) is 19.3. The summed E-state index contributed by atoms with van der Waals surface area (Å²) in [5, 5.41) is 0. The maximum atomic E-state index is 11.9. The number of carbonyl (C=O) groups is 2. The van der Waals surface area contributed by atoms with E-state index in [0.29, 0.717) is 6.42 Å². The van der Waals surface area contributed by atoms with Gasteiger partial charge in [0.2, 0.25) is 0 Å². The van der Waals surface area contributed by atoms with Crippen LogP contribution in [0.15, 0.2) is 0 Å². The van der Waals surface area contributed by atoms with Crippen molar-refractivity contribution in [2.45, 2.75) is 58.8 Å². The molecule has 1 amide bonds. The molecule has 0 saturated carbocycles. The van der Waals surface area contributed by atoms with Crippen molar-refractivity contribution >= 4 is 12.4 Å². The standard InChI is InChI=1S/C14H26N2O3.C4H10O2/c1-14(2,3)19-13(18)16-10-8-15(9-11-16)7-5-4-6-12-17;1-4(5-2)6-3/h12H,4-11H2,1-3H3;4H,1-3H3. The highest BCUT2D eigenvalue weighted by Gasteiger charge is 2.25. The average Bonchev–Trinajstić information content (AvgIpc) is 2.57. The Balaban J connectivity index is 0.000000823. The minimum absolute atomic E-state index is 0.0648. The molecule has 1 rings (SSSR count). The SMILES string of the molecule is CC(C)(C)OC(=O)N1CCN(CCCCC=O)CC1.COC(C)OC. The number of amides is 1. The van der Waals surface area contributed by atoms with E-state index in [-0.39, 0.29) is 12.4 Å². The van der Waals surface area contributed by atoms with Crippen LogP contribution >= 0.6 is 0 Å². The van der Waals surface area contributed by atoms with Crippen molar-refractivity contribution in [1.82, 2.24) is 9.80 Å². The fourth-order valence-corrected chi connectivity index (χ4v) is 2.14. The number of nitrogens with zero attached hydrogens (tertiary/aromatic N) is 2. The minimum atomic E-state index is -0.428. The van der Waals surface area contributed by atoms with E-state index in [9.17, 15) is 9.59 Å². The topological polar surface area (TPSA) is 68.3 Å². The number of rotatable bonds is 7. The van der Waals surface area contributed by atoms with Crippen LogP contribution in [-0.2, 0) is 19.0 Å². The number of ether oxygens (including phenoxy) is 3. The van der Waals surface area contributed by atoms with Gasteiger partial charge in [-0.2, -0.15) is 0 Å². The molecule has 25 heavy (non-hydrogen) atoms. The Morgan fingerprint density at radius 2 is 1.64 bits per heavy atom. The zero-order valence-corrected chi connectivity index (χ0v) is 16.7. The second-order valence-corrected chi connectivity index (χ2v) is 7.01. The van der Waals surface area contributed by atoms with E-state index in [1.165, 1.54) is 0 Å². The Morgan fingerprint density at radius 3 is 2.04 bits per heavy atom. The molecular weight excluding hydrogens is 324 g/mol. The maximum Gasteiger partial charge on any atom is 0.410 e. The molecule has 1 heterocycles. The van der Waals surface area contributed by atoms with Gasteiger partial charge in [-0.3, -0.25) is 4.90 Å². The van der Waals surface area contributed by atoms with Gasteiger partial charge in [0.1, 0.15) is 11.9 Å². The highest BCUT2D eigenvalue weighted by atomic mass is 16.7. The first kappa shape index (κ1) is 23.8. The Bertz CT molecular complexity index is 359. The summed E-state index contributed by atoms with van der Waals surface area (Å²) in [6.45, 7) is 11.7. The van der Waals surface area contributed by atoms with Gasteiger partial charge in [-0.05, 0) is 47.1 Å². The quantitative estimate of drug-likeness (QED) is 0.395. The third-order valence-electron chi connectivity index (χ3n) is 3.73. The molecule has 0 unspecified atom stereocenters. The Hall–Kier alpha value is -1.18. The van der Waals surface area contributed by atoms with Crippen LogP contribution in [0.25, 0.3) is 0 Å². The maximum absolute atomic E-state index is 11.9. The predicted octanol–water partition coefficient (Wildman–Crippen LogP) is 2.53. The number of carbonyl (C=O) groups excluding carboxylic acids is 2. The van der Waals surface area contributed by atoms with Gasteiger partial charge in [0.15, 0.2) is 6.29 Å². The van der Waals surface area contributed by atoms with Gasteiger partial charge in [0.05, 0.1) is 0 Å². The van der Waals surface area contributed by atoms with Crippen molar-refractivity contribution in [2.75, 3.05) is 46.9 Å². The summed E-state index contributed by atoms with van der Waals surface area (Å²) in [5.74, 6) is 0. The highest BCUT2D eigenvalue weighted by molar-refractivity contribution is 5.68. The fourth-order valence-electron chi connectivity index (χ4n) is 2.14. The summed E-state index contributed by atoms with van der Waals surface area (Å²) in [4.78, 5) is 26.2. The van der Waals surface area contributed by atoms with Crippen LogP contribution in [0.2, 0.25) is 0 Å². The molecule has 0 bridgehead atoms. The van der Waals surface area contributed by atoms with Gasteiger partial charge in [-0.15, -0.1) is 0 Å². The molecule has 0 N–H and O–H groups in total. The van der Waals surface area contributed by atoms with Gasteiger partial charge in [0.25, 0.3) is 0 Å². The molecule has 148 valence electrons. The average molecular weight is 360 g/mol. The molecule has 0 aromatic heterocycles. The van der Waals surface area contributed by atoms with Crippen molar-refractivity contribution in [3.05, 3.63) is 0 Å². The van der Waals surface area contributed by atoms with Crippen LogP contribution in [-0.4, -0.2) is 81.0 Å². The van der Waals surface area contributed by atoms with Gasteiger partial charge in [-0.1, -0.05) is 0 Å². The molecular formula is C18H36N2O5. The van der Waals surface area contributed by atoms with E-state index in [1.54, 1.807) is 19.1 Å². The third kappa shape index (κ3) is 12.8.